The molecule has 4 heteroatoms. The standard InChI is InChI=1S/C15H31N3O/c1-8-11(4)13-15(19)18(9-12(5)17(6)7)14(16-13)10(2)3/h10-14,16H,8-9H2,1-7H3. The third kappa shape index (κ3) is 3.69. The molecule has 0 aliphatic carbocycles. The molecular weight excluding hydrogens is 238 g/mol. The average molecular weight is 269 g/mol. The molecule has 1 aliphatic heterocycles. The van der Waals surface area contributed by atoms with Crippen molar-refractivity contribution >= 4 is 5.91 Å². The Labute approximate surface area is 118 Å². The van der Waals surface area contributed by atoms with Gasteiger partial charge in [-0.25, -0.2) is 0 Å². The quantitative estimate of drug-likeness (QED) is 0.798. The summed E-state index contributed by atoms with van der Waals surface area (Å²) in [5, 5.41) is 3.54. The fourth-order valence-corrected chi connectivity index (χ4v) is 2.51. The number of likely N-dealkylation sites (N-methyl/N-ethyl adjacent to an activating group) is 1. The Morgan fingerprint density at radius 3 is 2.26 bits per heavy atom. The number of rotatable bonds is 6. The van der Waals surface area contributed by atoms with Crippen LogP contribution in [0, 0.1) is 11.8 Å². The Balaban J connectivity index is 2.83. The van der Waals surface area contributed by atoms with Crippen LogP contribution in [0.3, 0.4) is 0 Å². The molecule has 1 rings (SSSR count). The van der Waals surface area contributed by atoms with Crippen LogP contribution in [0.15, 0.2) is 0 Å². The number of nitrogens with one attached hydrogen (secondary N) is 1. The van der Waals surface area contributed by atoms with E-state index >= 15 is 0 Å². The van der Waals surface area contributed by atoms with Gasteiger partial charge in [-0.2, -0.15) is 0 Å². The van der Waals surface area contributed by atoms with Crippen molar-refractivity contribution in [3.05, 3.63) is 0 Å². The molecule has 1 aliphatic rings. The molecule has 0 aromatic heterocycles. The van der Waals surface area contributed by atoms with Crippen molar-refractivity contribution in [3.8, 4) is 0 Å². The molecule has 0 aromatic rings. The number of hydrogen-bond donors (Lipinski definition) is 1. The van der Waals surface area contributed by atoms with E-state index in [0.717, 1.165) is 13.0 Å². The summed E-state index contributed by atoms with van der Waals surface area (Å²) in [6.45, 7) is 11.6. The average Bonchev–Trinajstić information content (AvgIpc) is 2.66. The lowest BCUT2D eigenvalue weighted by atomic mass is 9.99. The van der Waals surface area contributed by atoms with E-state index < -0.39 is 0 Å². The maximum Gasteiger partial charge on any atom is 0.241 e. The van der Waals surface area contributed by atoms with Crippen LogP contribution in [-0.4, -0.2) is 54.6 Å². The molecule has 1 N–H and O–H groups in total. The summed E-state index contributed by atoms with van der Waals surface area (Å²) in [6.07, 6.45) is 1.21. The smallest absolute Gasteiger partial charge is 0.241 e. The van der Waals surface area contributed by atoms with Gasteiger partial charge in [0.2, 0.25) is 5.91 Å². The lowest BCUT2D eigenvalue weighted by Crippen LogP contribution is -2.47. The minimum Gasteiger partial charge on any atom is -0.324 e. The maximum atomic E-state index is 12.6. The topological polar surface area (TPSA) is 35.6 Å². The monoisotopic (exact) mass is 269 g/mol. The van der Waals surface area contributed by atoms with Crippen molar-refractivity contribution in [1.82, 2.24) is 15.1 Å². The van der Waals surface area contributed by atoms with Crippen LogP contribution in [0.5, 0.6) is 0 Å². The Hall–Kier alpha value is -0.610. The van der Waals surface area contributed by atoms with E-state index in [1.165, 1.54) is 0 Å². The zero-order valence-electron chi connectivity index (χ0n) is 13.6. The van der Waals surface area contributed by atoms with E-state index in [2.05, 4.69) is 58.9 Å². The first-order valence-corrected chi connectivity index (χ1v) is 7.52. The van der Waals surface area contributed by atoms with Crippen molar-refractivity contribution in [3.63, 3.8) is 0 Å². The highest BCUT2D eigenvalue weighted by atomic mass is 16.2. The van der Waals surface area contributed by atoms with Gasteiger partial charge in [0.25, 0.3) is 0 Å². The Bertz CT molecular complexity index is 304. The molecule has 0 aromatic carbocycles. The molecule has 1 fully saturated rings. The Morgan fingerprint density at radius 1 is 1.26 bits per heavy atom. The molecular formula is C15H31N3O. The molecule has 0 saturated carbocycles. The van der Waals surface area contributed by atoms with E-state index in [-0.39, 0.29) is 18.1 Å². The minimum atomic E-state index is -0.00763. The normalized spacial score (nSPS) is 27.4. The van der Waals surface area contributed by atoms with Gasteiger partial charge in [-0.3, -0.25) is 10.1 Å². The van der Waals surface area contributed by atoms with E-state index in [9.17, 15) is 4.79 Å². The largest absolute Gasteiger partial charge is 0.324 e. The Kier molecular flexibility index (Phi) is 5.81. The predicted octanol–water partition coefficient (Wildman–Crippen LogP) is 1.77. The number of hydrogen-bond acceptors (Lipinski definition) is 3. The highest BCUT2D eigenvalue weighted by Gasteiger charge is 2.42. The first-order chi connectivity index (χ1) is 8.79. The minimum absolute atomic E-state index is 0.00763. The fourth-order valence-electron chi connectivity index (χ4n) is 2.51. The second kappa shape index (κ2) is 6.71. The van der Waals surface area contributed by atoms with Crippen LogP contribution in [-0.2, 0) is 4.79 Å². The van der Waals surface area contributed by atoms with Gasteiger partial charge in [0, 0.05) is 12.6 Å². The lowest BCUT2D eigenvalue weighted by Gasteiger charge is -2.31. The van der Waals surface area contributed by atoms with Crippen LogP contribution in [0.1, 0.15) is 41.0 Å². The molecule has 4 unspecified atom stereocenters. The molecule has 19 heavy (non-hydrogen) atoms. The van der Waals surface area contributed by atoms with Gasteiger partial charge >= 0.3 is 0 Å². The van der Waals surface area contributed by atoms with Crippen molar-refractivity contribution in [2.45, 2.75) is 59.3 Å². The zero-order chi connectivity index (χ0) is 14.7. The third-order valence-corrected chi connectivity index (χ3v) is 4.42. The van der Waals surface area contributed by atoms with Crippen LogP contribution in [0.2, 0.25) is 0 Å². The SMILES string of the molecule is CCC(C)C1NC(C(C)C)N(CC(C)N(C)C)C1=O. The van der Waals surface area contributed by atoms with Crippen LogP contribution >= 0.6 is 0 Å². The molecule has 0 bridgehead atoms. The van der Waals surface area contributed by atoms with Crippen LogP contribution < -0.4 is 5.32 Å². The second-order valence-electron chi connectivity index (χ2n) is 6.52. The highest BCUT2D eigenvalue weighted by Crippen LogP contribution is 2.23. The summed E-state index contributed by atoms with van der Waals surface area (Å²) >= 11 is 0. The molecule has 4 nitrogen and oxygen atoms in total. The summed E-state index contributed by atoms with van der Waals surface area (Å²) < 4.78 is 0. The van der Waals surface area contributed by atoms with Gasteiger partial charge in [0.1, 0.15) is 0 Å². The Morgan fingerprint density at radius 2 is 1.84 bits per heavy atom. The third-order valence-electron chi connectivity index (χ3n) is 4.42. The molecule has 1 saturated heterocycles. The van der Waals surface area contributed by atoms with Crippen LogP contribution in [0.4, 0.5) is 0 Å². The summed E-state index contributed by atoms with van der Waals surface area (Å²) in [6, 6.07) is 0.370. The van der Waals surface area contributed by atoms with Crippen molar-refractivity contribution in [2.75, 3.05) is 20.6 Å². The van der Waals surface area contributed by atoms with Gasteiger partial charge in [0.05, 0.1) is 12.2 Å². The van der Waals surface area contributed by atoms with E-state index in [4.69, 9.17) is 0 Å². The number of amides is 1. The van der Waals surface area contributed by atoms with Gasteiger partial charge < -0.3 is 9.80 Å². The molecule has 4 atom stereocenters. The summed E-state index contributed by atoms with van der Waals surface area (Å²) in [4.78, 5) is 16.8. The fraction of sp³-hybridized carbons (Fsp3) is 0.933. The molecule has 1 heterocycles. The first kappa shape index (κ1) is 16.4. The van der Waals surface area contributed by atoms with E-state index in [0.29, 0.717) is 17.9 Å². The van der Waals surface area contributed by atoms with Crippen molar-refractivity contribution in [1.29, 1.82) is 0 Å². The van der Waals surface area contributed by atoms with Gasteiger partial charge in [-0.05, 0) is 32.9 Å². The summed E-state index contributed by atoms with van der Waals surface area (Å²) in [7, 11) is 4.13. The van der Waals surface area contributed by atoms with Crippen LogP contribution in [0.25, 0.3) is 0 Å². The van der Waals surface area contributed by atoms with Gasteiger partial charge in [-0.1, -0.05) is 34.1 Å². The summed E-state index contributed by atoms with van der Waals surface area (Å²) in [5.74, 6) is 1.11. The van der Waals surface area contributed by atoms with Crippen molar-refractivity contribution < 1.29 is 4.79 Å². The maximum absolute atomic E-state index is 12.6. The summed E-state index contributed by atoms with van der Waals surface area (Å²) in [5.41, 5.74) is 0. The van der Waals surface area contributed by atoms with Gasteiger partial charge in [-0.15, -0.1) is 0 Å². The molecule has 0 spiro atoms. The second-order valence-corrected chi connectivity index (χ2v) is 6.52. The zero-order valence-corrected chi connectivity index (χ0v) is 13.6. The predicted molar refractivity (Wildman–Crippen MR) is 79.9 cm³/mol. The lowest BCUT2D eigenvalue weighted by molar-refractivity contribution is -0.132. The highest BCUT2D eigenvalue weighted by molar-refractivity contribution is 5.84. The van der Waals surface area contributed by atoms with Crippen molar-refractivity contribution in [2.24, 2.45) is 11.8 Å². The molecule has 112 valence electrons. The molecule has 0 radical (unpaired) electrons. The number of carbonyl (C=O) groups excluding carboxylic acids is 1. The van der Waals surface area contributed by atoms with E-state index in [1.807, 2.05) is 4.90 Å². The van der Waals surface area contributed by atoms with E-state index in [1.54, 1.807) is 0 Å². The number of carbonyl (C=O) groups is 1. The molecule has 1 amide bonds. The first-order valence-electron chi connectivity index (χ1n) is 7.52. The number of nitrogens with zero attached hydrogens (tertiary/aromatic N) is 2. The van der Waals surface area contributed by atoms with Gasteiger partial charge in [0.15, 0.2) is 0 Å².